The minimum absolute atomic E-state index is 0.0257. The number of aromatic amines is 1. The van der Waals surface area contributed by atoms with E-state index >= 15 is 0 Å². The SMILES string of the molecule is CCOc1ccc(N(CC(=O)Nc2cc(C)[nH]n2)C2=N[C@H]3CS(=O)(=O)C[C@@H]3S2)cc1. The second kappa shape index (κ2) is 8.31. The van der Waals surface area contributed by atoms with Crippen LogP contribution < -0.4 is 15.0 Å². The second-order valence-electron chi connectivity index (χ2n) is 7.21. The largest absolute Gasteiger partial charge is 0.494 e. The van der Waals surface area contributed by atoms with Crippen molar-refractivity contribution >= 4 is 44.2 Å². The van der Waals surface area contributed by atoms with Crippen molar-refractivity contribution in [2.24, 2.45) is 4.99 Å². The lowest BCUT2D eigenvalue weighted by Crippen LogP contribution is -2.36. The number of aromatic nitrogens is 2. The number of carbonyl (C=O) groups is 1. The van der Waals surface area contributed by atoms with Gasteiger partial charge in [0, 0.05) is 22.7 Å². The molecule has 1 aromatic heterocycles. The third-order valence-electron chi connectivity index (χ3n) is 4.77. The van der Waals surface area contributed by atoms with Gasteiger partial charge in [0.25, 0.3) is 0 Å². The number of hydrogen-bond donors (Lipinski definition) is 2. The van der Waals surface area contributed by atoms with E-state index in [9.17, 15) is 13.2 Å². The summed E-state index contributed by atoms with van der Waals surface area (Å²) in [5.74, 6) is 1.12. The zero-order valence-electron chi connectivity index (χ0n) is 16.7. The lowest BCUT2D eigenvalue weighted by atomic mass is 10.2. The van der Waals surface area contributed by atoms with E-state index in [4.69, 9.17) is 4.74 Å². The van der Waals surface area contributed by atoms with Crippen LogP contribution in [0.4, 0.5) is 11.5 Å². The Morgan fingerprint density at radius 2 is 2.10 bits per heavy atom. The molecular formula is C19H23N5O4S2. The minimum Gasteiger partial charge on any atom is -0.494 e. The summed E-state index contributed by atoms with van der Waals surface area (Å²) in [6.45, 7) is 4.36. The number of rotatable bonds is 6. The lowest BCUT2D eigenvalue weighted by molar-refractivity contribution is -0.114. The molecule has 160 valence electrons. The van der Waals surface area contributed by atoms with Crippen LogP contribution in [-0.2, 0) is 14.6 Å². The smallest absolute Gasteiger partial charge is 0.245 e. The van der Waals surface area contributed by atoms with E-state index in [2.05, 4.69) is 20.5 Å². The number of hydrogen-bond acceptors (Lipinski definition) is 8. The first-order valence-electron chi connectivity index (χ1n) is 9.60. The standard InChI is InChI=1S/C19H23N5O4S2/c1-3-28-14-6-4-13(5-7-14)24(9-18(25)21-17-8-12(2)22-23-17)19-20-15-10-30(26,27)11-16(15)29-19/h4-8,15-16H,3,9-11H2,1-2H3,(H2,21,22,23,25)/t15-,16-/m0/s1. The molecule has 0 bridgehead atoms. The van der Waals surface area contributed by atoms with Gasteiger partial charge >= 0.3 is 0 Å². The van der Waals surface area contributed by atoms with Crippen LogP contribution in [0.1, 0.15) is 12.6 Å². The Balaban J connectivity index is 1.56. The van der Waals surface area contributed by atoms with Gasteiger partial charge in [-0.05, 0) is 38.1 Å². The van der Waals surface area contributed by atoms with Gasteiger partial charge in [0.1, 0.15) is 12.3 Å². The highest BCUT2D eigenvalue weighted by atomic mass is 32.2. The predicted molar refractivity (Wildman–Crippen MR) is 118 cm³/mol. The zero-order chi connectivity index (χ0) is 21.3. The molecule has 0 aliphatic carbocycles. The number of ether oxygens (including phenoxy) is 1. The lowest BCUT2D eigenvalue weighted by Gasteiger charge is -2.24. The number of thioether (sulfide) groups is 1. The van der Waals surface area contributed by atoms with Gasteiger partial charge in [0.2, 0.25) is 5.91 Å². The van der Waals surface area contributed by atoms with Gasteiger partial charge in [-0.25, -0.2) is 8.42 Å². The normalized spacial score (nSPS) is 21.7. The number of amides is 1. The Hall–Kier alpha value is -2.53. The predicted octanol–water partition coefficient (Wildman–Crippen LogP) is 1.83. The van der Waals surface area contributed by atoms with E-state index in [-0.39, 0.29) is 35.2 Å². The van der Waals surface area contributed by atoms with Crippen molar-refractivity contribution in [2.45, 2.75) is 25.1 Å². The molecule has 1 fully saturated rings. The molecule has 1 saturated heterocycles. The molecule has 0 spiro atoms. The number of aliphatic imine (C=N–C) groups is 1. The molecule has 4 rings (SSSR count). The number of anilines is 2. The van der Waals surface area contributed by atoms with Crippen LogP contribution in [0.3, 0.4) is 0 Å². The molecule has 2 aromatic rings. The first-order chi connectivity index (χ1) is 14.3. The maximum absolute atomic E-state index is 12.7. The Bertz CT molecular complexity index is 1060. The molecule has 30 heavy (non-hydrogen) atoms. The molecule has 2 N–H and O–H groups in total. The molecule has 0 unspecified atom stereocenters. The number of nitrogens with zero attached hydrogens (tertiary/aromatic N) is 3. The van der Waals surface area contributed by atoms with Gasteiger partial charge in [0.05, 0.1) is 24.2 Å². The summed E-state index contributed by atoms with van der Waals surface area (Å²) >= 11 is 1.42. The molecular weight excluding hydrogens is 426 g/mol. The van der Waals surface area contributed by atoms with Crippen molar-refractivity contribution < 1.29 is 17.9 Å². The van der Waals surface area contributed by atoms with Crippen LogP contribution in [0, 0.1) is 6.92 Å². The van der Waals surface area contributed by atoms with Gasteiger partial charge in [-0.1, -0.05) is 11.8 Å². The number of amidine groups is 1. The first-order valence-corrected chi connectivity index (χ1v) is 12.3. The maximum atomic E-state index is 12.7. The van der Waals surface area contributed by atoms with E-state index < -0.39 is 9.84 Å². The van der Waals surface area contributed by atoms with Crippen molar-refractivity contribution in [3.63, 3.8) is 0 Å². The fourth-order valence-corrected chi connectivity index (χ4v) is 7.22. The summed E-state index contributed by atoms with van der Waals surface area (Å²) in [5, 5.41) is 10.1. The molecule has 2 aliphatic rings. The molecule has 1 aromatic carbocycles. The monoisotopic (exact) mass is 449 g/mol. The summed E-state index contributed by atoms with van der Waals surface area (Å²) in [6.07, 6.45) is 0. The Morgan fingerprint density at radius 3 is 2.73 bits per heavy atom. The van der Waals surface area contributed by atoms with Crippen molar-refractivity contribution in [1.29, 1.82) is 0 Å². The third kappa shape index (κ3) is 4.62. The Morgan fingerprint density at radius 1 is 1.33 bits per heavy atom. The van der Waals surface area contributed by atoms with Gasteiger partial charge < -0.3 is 15.0 Å². The van der Waals surface area contributed by atoms with Crippen LogP contribution in [0.15, 0.2) is 35.3 Å². The number of fused-ring (bicyclic) bond motifs is 1. The average molecular weight is 450 g/mol. The fraction of sp³-hybridized carbons (Fsp3) is 0.421. The number of aryl methyl sites for hydroxylation is 1. The second-order valence-corrected chi connectivity index (χ2v) is 10.6. The van der Waals surface area contributed by atoms with Crippen molar-refractivity contribution in [3.05, 3.63) is 36.0 Å². The highest BCUT2D eigenvalue weighted by molar-refractivity contribution is 8.15. The minimum atomic E-state index is -3.05. The van der Waals surface area contributed by atoms with E-state index in [1.807, 2.05) is 38.1 Å². The quantitative estimate of drug-likeness (QED) is 0.691. The van der Waals surface area contributed by atoms with Crippen molar-refractivity contribution in [1.82, 2.24) is 10.2 Å². The Labute approximate surface area is 179 Å². The van der Waals surface area contributed by atoms with E-state index in [0.29, 0.717) is 17.6 Å². The van der Waals surface area contributed by atoms with Gasteiger partial charge in [-0.15, -0.1) is 0 Å². The highest BCUT2D eigenvalue weighted by Crippen LogP contribution is 2.37. The average Bonchev–Trinajstić information content (AvgIpc) is 3.33. The number of benzene rings is 1. The summed E-state index contributed by atoms with van der Waals surface area (Å²) < 4.78 is 29.3. The van der Waals surface area contributed by atoms with Gasteiger partial charge in [-0.2, -0.15) is 5.10 Å². The number of H-pyrrole nitrogens is 1. The molecule has 0 radical (unpaired) electrons. The number of nitrogens with one attached hydrogen (secondary N) is 2. The molecule has 2 atom stereocenters. The van der Waals surface area contributed by atoms with Crippen molar-refractivity contribution in [2.75, 3.05) is 34.9 Å². The third-order valence-corrected chi connectivity index (χ3v) is 8.02. The maximum Gasteiger partial charge on any atom is 0.245 e. The van der Waals surface area contributed by atoms with E-state index in [1.165, 1.54) is 11.8 Å². The Kier molecular flexibility index (Phi) is 5.74. The van der Waals surface area contributed by atoms with E-state index in [1.54, 1.807) is 11.0 Å². The van der Waals surface area contributed by atoms with Crippen LogP contribution in [0.5, 0.6) is 5.75 Å². The molecule has 1 amide bonds. The van der Waals surface area contributed by atoms with Crippen LogP contribution in [0.25, 0.3) is 0 Å². The summed E-state index contributed by atoms with van der Waals surface area (Å²) in [5.41, 5.74) is 1.62. The van der Waals surface area contributed by atoms with Gasteiger partial charge in [0.15, 0.2) is 20.8 Å². The molecule has 0 saturated carbocycles. The van der Waals surface area contributed by atoms with Crippen LogP contribution in [0.2, 0.25) is 0 Å². The summed E-state index contributed by atoms with van der Waals surface area (Å²) in [6, 6.07) is 8.89. The van der Waals surface area contributed by atoms with E-state index in [0.717, 1.165) is 17.1 Å². The molecule has 3 heterocycles. The number of sulfone groups is 1. The molecule has 9 nitrogen and oxygen atoms in total. The zero-order valence-corrected chi connectivity index (χ0v) is 18.3. The van der Waals surface area contributed by atoms with Crippen LogP contribution >= 0.6 is 11.8 Å². The topological polar surface area (TPSA) is 117 Å². The summed E-state index contributed by atoms with van der Waals surface area (Å²) in [7, 11) is -3.05. The first kappa shape index (κ1) is 20.7. The van der Waals surface area contributed by atoms with Crippen molar-refractivity contribution in [3.8, 4) is 5.75 Å². The van der Waals surface area contributed by atoms with Crippen LogP contribution in [-0.4, -0.2) is 65.6 Å². The summed E-state index contributed by atoms with van der Waals surface area (Å²) in [4.78, 5) is 19.1. The van der Waals surface area contributed by atoms with Gasteiger partial charge in [-0.3, -0.25) is 14.9 Å². The number of carbonyl (C=O) groups excluding carboxylic acids is 1. The molecule has 11 heteroatoms. The fourth-order valence-electron chi connectivity index (χ4n) is 3.44. The highest BCUT2D eigenvalue weighted by Gasteiger charge is 2.44. The molecule has 2 aliphatic heterocycles.